The predicted molar refractivity (Wildman–Crippen MR) is 79.8 cm³/mol. The van der Waals surface area contributed by atoms with Crippen LogP contribution in [0.4, 0.5) is 0 Å². The van der Waals surface area contributed by atoms with E-state index < -0.39 is 0 Å². The van der Waals surface area contributed by atoms with E-state index >= 15 is 0 Å². The fourth-order valence-electron chi connectivity index (χ4n) is 4.94. The lowest BCUT2D eigenvalue weighted by Gasteiger charge is -2.47. The summed E-state index contributed by atoms with van der Waals surface area (Å²) >= 11 is 0. The molecule has 4 rings (SSSR count). The fraction of sp³-hybridized carbons (Fsp3) is 0.611. The minimum absolute atomic E-state index is 0.0888. The fourth-order valence-corrected chi connectivity index (χ4v) is 4.94. The summed E-state index contributed by atoms with van der Waals surface area (Å²) in [6.45, 7) is 2.94. The van der Waals surface area contributed by atoms with Crippen LogP contribution in [0.1, 0.15) is 44.1 Å². The average Bonchev–Trinajstić information content (AvgIpc) is 2.82. The lowest BCUT2D eigenvalue weighted by atomic mass is 9.58. The first-order valence-electron chi connectivity index (χ1n) is 7.97. The molecule has 1 aromatic carbocycles. The van der Waals surface area contributed by atoms with Gasteiger partial charge in [-0.05, 0) is 42.7 Å². The van der Waals surface area contributed by atoms with Crippen LogP contribution in [0, 0.1) is 17.3 Å². The van der Waals surface area contributed by atoms with Gasteiger partial charge in [0.25, 0.3) is 0 Å². The Balaban J connectivity index is 1.70. The van der Waals surface area contributed by atoms with Gasteiger partial charge in [-0.1, -0.05) is 13.0 Å². The van der Waals surface area contributed by atoms with Gasteiger partial charge in [-0.3, -0.25) is 4.79 Å². The maximum absolute atomic E-state index is 12.3. The van der Waals surface area contributed by atoms with Crippen molar-refractivity contribution < 1.29 is 14.3 Å². The van der Waals surface area contributed by atoms with Gasteiger partial charge in [-0.25, -0.2) is 0 Å². The number of carbonyl (C=O) groups is 1. The summed E-state index contributed by atoms with van der Waals surface area (Å²) in [6.07, 6.45) is 3.94. The van der Waals surface area contributed by atoms with Gasteiger partial charge in [0.2, 0.25) is 0 Å². The summed E-state index contributed by atoms with van der Waals surface area (Å²) in [6, 6.07) is 6.18. The topological polar surface area (TPSA) is 35.5 Å². The van der Waals surface area contributed by atoms with Gasteiger partial charge < -0.3 is 9.47 Å². The minimum Gasteiger partial charge on any atom is -0.497 e. The molecule has 0 aromatic heterocycles. The van der Waals surface area contributed by atoms with Crippen molar-refractivity contribution in [1.82, 2.24) is 0 Å². The van der Waals surface area contributed by atoms with Crippen molar-refractivity contribution in [1.29, 1.82) is 0 Å². The maximum Gasteiger partial charge on any atom is 0.139 e. The van der Waals surface area contributed by atoms with E-state index in [0.717, 1.165) is 43.8 Å². The minimum atomic E-state index is -0.0888. The average molecular weight is 286 g/mol. The van der Waals surface area contributed by atoms with Crippen molar-refractivity contribution in [3.8, 4) is 11.5 Å². The van der Waals surface area contributed by atoms with Crippen LogP contribution in [0.25, 0.3) is 0 Å². The zero-order valence-electron chi connectivity index (χ0n) is 12.7. The Hall–Kier alpha value is -1.51. The number of carbonyl (C=O) groups excluding carboxylic acids is 1. The second-order valence-electron chi connectivity index (χ2n) is 7.01. The molecule has 0 N–H and O–H groups in total. The number of hydrogen-bond donors (Lipinski definition) is 0. The van der Waals surface area contributed by atoms with Crippen molar-refractivity contribution in [2.75, 3.05) is 13.7 Å². The Morgan fingerprint density at radius 3 is 3.00 bits per heavy atom. The third-order valence-corrected chi connectivity index (χ3v) is 6.20. The van der Waals surface area contributed by atoms with Crippen LogP contribution in [0.2, 0.25) is 0 Å². The smallest absolute Gasteiger partial charge is 0.139 e. The van der Waals surface area contributed by atoms with E-state index in [0.29, 0.717) is 23.5 Å². The normalized spacial score (nSPS) is 37.2. The Bertz CT molecular complexity index is 594. The van der Waals surface area contributed by atoms with Crippen LogP contribution in [-0.2, 0) is 4.79 Å². The Morgan fingerprint density at radius 2 is 2.19 bits per heavy atom. The molecule has 112 valence electrons. The second kappa shape index (κ2) is 4.49. The lowest BCUT2D eigenvalue weighted by Crippen LogP contribution is -2.44. The molecule has 0 radical (unpaired) electrons. The molecular formula is C18H22O3. The van der Waals surface area contributed by atoms with E-state index in [1.165, 1.54) is 5.56 Å². The number of hydrogen-bond acceptors (Lipinski definition) is 3. The van der Waals surface area contributed by atoms with Gasteiger partial charge in [0.15, 0.2) is 0 Å². The van der Waals surface area contributed by atoms with Gasteiger partial charge in [-0.2, -0.15) is 0 Å². The predicted octanol–water partition coefficient (Wildman–Crippen LogP) is 3.57. The van der Waals surface area contributed by atoms with Crippen molar-refractivity contribution in [3.05, 3.63) is 23.8 Å². The summed E-state index contributed by atoms with van der Waals surface area (Å²) in [5.74, 6) is 3.85. The Morgan fingerprint density at radius 1 is 1.33 bits per heavy atom. The molecule has 0 amide bonds. The van der Waals surface area contributed by atoms with E-state index in [1.807, 2.05) is 12.1 Å². The molecule has 2 saturated carbocycles. The van der Waals surface area contributed by atoms with Crippen molar-refractivity contribution in [2.24, 2.45) is 17.3 Å². The first-order chi connectivity index (χ1) is 10.1. The first kappa shape index (κ1) is 13.2. The van der Waals surface area contributed by atoms with E-state index in [4.69, 9.17) is 9.47 Å². The zero-order valence-corrected chi connectivity index (χ0v) is 12.7. The molecule has 2 aliphatic carbocycles. The summed E-state index contributed by atoms with van der Waals surface area (Å²) < 4.78 is 11.3. The third kappa shape index (κ3) is 1.76. The highest BCUT2D eigenvalue weighted by molar-refractivity contribution is 5.87. The summed E-state index contributed by atoms with van der Waals surface area (Å²) in [4.78, 5) is 12.3. The summed E-state index contributed by atoms with van der Waals surface area (Å²) in [5.41, 5.74) is 1.22. The van der Waals surface area contributed by atoms with Crippen LogP contribution < -0.4 is 9.47 Å². The quantitative estimate of drug-likeness (QED) is 0.791. The van der Waals surface area contributed by atoms with E-state index in [2.05, 4.69) is 13.0 Å². The highest BCUT2D eigenvalue weighted by Crippen LogP contribution is 2.59. The SMILES string of the molecule is COc1ccc2c(c1)OC[C@H]1[C@@H]2CC[C@]2(C)C(=O)CC[C@@H]12. The van der Waals surface area contributed by atoms with Gasteiger partial charge in [0.05, 0.1) is 13.7 Å². The van der Waals surface area contributed by atoms with Crippen molar-refractivity contribution in [3.63, 3.8) is 0 Å². The van der Waals surface area contributed by atoms with Gasteiger partial charge in [0.1, 0.15) is 17.3 Å². The van der Waals surface area contributed by atoms with Gasteiger partial charge >= 0.3 is 0 Å². The van der Waals surface area contributed by atoms with E-state index in [9.17, 15) is 4.79 Å². The first-order valence-corrected chi connectivity index (χ1v) is 7.97. The van der Waals surface area contributed by atoms with Crippen LogP contribution in [0.5, 0.6) is 11.5 Å². The number of Topliss-reactive ketones (excluding diaryl/α,β-unsaturated/α-hetero) is 1. The summed E-state index contributed by atoms with van der Waals surface area (Å²) in [7, 11) is 1.68. The molecule has 0 unspecified atom stereocenters. The highest BCUT2D eigenvalue weighted by Gasteiger charge is 2.55. The molecule has 4 atom stereocenters. The number of fused-ring (bicyclic) bond motifs is 5. The molecule has 0 saturated heterocycles. The van der Waals surface area contributed by atoms with Crippen molar-refractivity contribution >= 4 is 5.78 Å². The van der Waals surface area contributed by atoms with E-state index in [-0.39, 0.29) is 5.41 Å². The second-order valence-corrected chi connectivity index (χ2v) is 7.01. The Kier molecular flexibility index (Phi) is 2.82. The highest BCUT2D eigenvalue weighted by atomic mass is 16.5. The lowest BCUT2D eigenvalue weighted by molar-refractivity contribution is -0.129. The number of ketones is 1. The molecule has 0 bridgehead atoms. The molecule has 21 heavy (non-hydrogen) atoms. The van der Waals surface area contributed by atoms with Crippen molar-refractivity contribution in [2.45, 2.75) is 38.5 Å². The number of methoxy groups -OCH3 is 1. The zero-order chi connectivity index (χ0) is 14.6. The van der Waals surface area contributed by atoms with Crippen LogP contribution in [0.3, 0.4) is 0 Å². The molecule has 2 fully saturated rings. The van der Waals surface area contributed by atoms with E-state index in [1.54, 1.807) is 7.11 Å². The van der Waals surface area contributed by atoms with Gasteiger partial charge in [-0.15, -0.1) is 0 Å². The molecule has 1 heterocycles. The molecule has 1 aliphatic heterocycles. The van der Waals surface area contributed by atoms with Gasteiger partial charge in [0, 0.05) is 23.8 Å². The van der Waals surface area contributed by atoms with Crippen LogP contribution in [0.15, 0.2) is 18.2 Å². The largest absolute Gasteiger partial charge is 0.497 e. The van der Waals surface area contributed by atoms with Crippen LogP contribution in [-0.4, -0.2) is 19.5 Å². The molecule has 3 nitrogen and oxygen atoms in total. The summed E-state index contributed by atoms with van der Waals surface area (Å²) in [5, 5.41) is 0. The number of benzene rings is 1. The molecule has 3 heteroatoms. The Labute approximate surface area is 125 Å². The standard InChI is InChI=1S/C18H22O3/c1-18-8-7-12-13-4-3-11(20-2)9-16(13)21-10-14(12)15(18)5-6-17(18)19/h3-4,9,12,14-15H,5-8,10H2,1-2H3/t12-,14+,15+,18+/m1/s1. The third-order valence-electron chi connectivity index (χ3n) is 6.20. The number of ether oxygens (including phenoxy) is 2. The molecule has 3 aliphatic rings. The number of rotatable bonds is 1. The maximum atomic E-state index is 12.3. The molecule has 1 aromatic rings. The molecular weight excluding hydrogens is 264 g/mol. The van der Waals surface area contributed by atoms with Crippen LogP contribution >= 0.6 is 0 Å². The monoisotopic (exact) mass is 286 g/mol. The molecule has 0 spiro atoms.